The van der Waals surface area contributed by atoms with Crippen LogP contribution in [-0.2, 0) is 16.6 Å². The molecule has 1 saturated heterocycles. The van der Waals surface area contributed by atoms with E-state index >= 15 is 0 Å². The van der Waals surface area contributed by atoms with Crippen molar-refractivity contribution < 1.29 is 13.2 Å². The molecule has 0 saturated carbocycles. The summed E-state index contributed by atoms with van der Waals surface area (Å²) in [5.41, 5.74) is 6.35. The van der Waals surface area contributed by atoms with Gasteiger partial charge in [0.05, 0.1) is 7.11 Å². The van der Waals surface area contributed by atoms with Crippen LogP contribution >= 0.6 is 11.8 Å². The van der Waals surface area contributed by atoms with E-state index in [1.807, 2.05) is 11.8 Å². The second-order valence-corrected chi connectivity index (χ2v) is 7.60. The Bertz CT molecular complexity index is 555. The van der Waals surface area contributed by atoms with E-state index in [1.165, 1.54) is 7.11 Å². The highest BCUT2D eigenvalue weighted by molar-refractivity contribution is 7.99. The quantitative estimate of drug-likeness (QED) is 0.856. The van der Waals surface area contributed by atoms with Gasteiger partial charge in [0.2, 0.25) is 10.0 Å². The van der Waals surface area contributed by atoms with Crippen molar-refractivity contribution in [3.63, 3.8) is 0 Å². The molecule has 112 valence electrons. The van der Waals surface area contributed by atoms with E-state index in [-0.39, 0.29) is 10.9 Å². The Balaban J connectivity index is 2.27. The van der Waals surface area contributed by atoms with Crippen molar-refractivity contribution in [3.8, 4) is 5.75 Å². The third-order valence-corrected chi connectivity index (χ3v) is 5.89. The molecular formula is C13H20N2O3S2. The minimum Gasteiger partial charge on any atom is -0.495 e. The lowest BCUT2D eigenvalue weighted by molar-refractivity contribution is 0.401. The minimum absolute atomic E-state index is 0.00693. The van der Waals surface area contributed by atoms with Crippen LogP contribution in [0, 0.1) is 0 Å². The molecule has 1 aromatic rings. The molecule has 1 aliphatic rings. The van der Waals surface area contributed by atoms with Crippen molar-refractivity contribution in [2.24, 2.45) is 5.73 Å². The third kappa shape index (κ3) is 3.66. The molecule has 1 aliphatic heterocycles. The van der Waals surface area contributed by atoms with Crippen molar-refractivity contribution in [2.75, 3.05) is 18.6 Å². The van der Waals surface area contributed by atoms with E-state index in [4.69, 9.17) is 10.5 Å². The summed E-state index contributed by atoms with van der Waals surface area (Å²) >= 11 is 1.86. The molecule has 3 N–H and O–H groups in total. The number of methoxy groups -OCH3 is 1. The molecule has 0 atom stereocenters. The van der Waals surface area contributed by atoms with Crippen LogP contribution in [0.2, 0.25) is 0 Å². The molecule has 2 rings (SSSR count). The van der Waals surface area contributed by atoms with E-state index in [0.29, 0.717) is 12.3 Å². The van der Waals surface area contributed by atoms with Crippen LogP contribution in [0.25, 0.3) is 0 Å². The van der Waals surface area contributed by atoms with Gasteiger partial charge in [0.1, 0.15) is 10.6 Å². The summed E-state index contributed by atoms with van der Waals surface area (Å²) < 4.78 is 33.0. The van der Waals surface area contributed by atoms with Crippen LogP contribution in [0.5, 0.6) is 5.75 Å². The maximum atomic E-state index is 12.5. The summed E-state index contributed by atoms with van der Waals surface area (Å²) in [5, 5.41) is 0. The zero-order valence-corrected chi connectivity index (χ0v) is 13.1. The van der Waals surface area contributed by atoms with Gasteiger partial charge < -0.3 is 10.5 Å². The first-order valence-electron chi connectivity index (χ1n) is 6.54. The predicted octanol–water partition coefficient (Wildman–Crippen LogP) is 1.33. The number of ether oxygens (including phenoxy) is 1. The molecule has 0 radical (unpaired) electrons. The van der Waals surface area contributed by atoms with Crippen LogP contribution in [0.4, 0.5) is 0 Å². The summed E-state index contributed by atoms with van der Waals surface area (Å²) in [6.45, 7) is 0.298. The largest absolute Gasteiger partial charge is 0.495 e. The Hall–Kier alpha value is -0.760. The van der Waals surface area contributed by atoms with E-state index < -0.39 is 10.0 Å². The number of hydrogen-bond acceptors (Lipinski definition) is 5. The number of rotatable bonds is 5. The van der Waals surface area contributed by atoms with Gasteiger partial charge in [0.15, 0.2) is 0 Å². The van der Waals surface area contributed by atoms with E-state index in [9.17, 15) is 8.42 Å². The maximum Gasteiger partial charge on any atom is 0.244 e. The Kier molecular flexibility index (Phi) is 5.31. The molecule has 7 heteroatoms. The highest BCUT2D eigenvalue weighted by Crippen LogP contribution is 2.26. The van der Waals surface area contributed by atoms with Crippen molar-refractivity contribution >= 4 is 21.8 Å². The smallest absolute Gasteiger partial charge is 0.244 e. The average Bonchev–Trinajstić information content (AvgIpc) is 2.47. The lowest BCUT2D eigenvalue weighted by Gasteiger charge is -2.23. The van der Waals surface area contributed by atoms with Gasteiger partial charge in [-0.15, -0.1) is 0 Å². The fourth-order valence-corrected chi connectivity index (χ4v) is 4.79. The van der Waals surface area contributed by atoms with Crippen molar-refractivity contribution in [3.05, 3.63) is 23.8 Å². The fourth-order valence-electron chi connectivity index (χ4n) is 2.16. The van der Waals surface area contributed by atoms with Gasteiger partial charge in [-0.2, -0.15) is 11.8 Å². The molecule has 0 amide bonds. The van der Waals surface area contributed by atoms with Crippen molar-refractivity contribution in [2.45, 2.75) is 30.3 Å². The lowest BCUT2D eigenvalue weighted by atomic mass is 10.2. The third-order valence-electron chi connectivity index (χ3n) is 3.30. The van der Waals surface area contributed by atoms with E-state index in [0.717, 1.165) is 29.9 Å². The maximum absolute atomic E-state index is 12.5. The van der Waals surface area contributed by atoms with Crippen LogP contribution in [0.15, 0.2) is 23.1 Å². The topological polar surface area (TPSA) is 81.4 Å². The number of thioether (sulfide) groups is 1. The van der Waals surface area contributed by atoms with Gasteiger partial charge >= 0.3 is 0 Å². The van der Waals surface area contributed by atoms with Crippen LogP contribution in [0.3, 0.4) is 0 Å². The van der Waals surface area contributed by atoms with E-state index in [1.54, 1.807) is 18.2 Å². The molecule has 5 nitrogen and oxygen atoms in total. The van der Waals surface area contributed by atoms with Gasteiger partial charge in [-0.1, -0.05) is 6.07 Å². The highest BCUT2D eigenvalue weighted by atomic mass is 32.2. The number of nitrogens with two attached hydrogens (primary N) is 1. The first-order valence-corrected chi connectivity index (χ1v) is 9.17. The monoisotopic (exact) mass is 316 g/mol. The minimum atomic E-state index is -3.58. The van der Waals surface area contributed by atoms with Crippen LogP contribution in [0.1, 0.15) is 18.4 Å². The van der Waals surface area contributed by atoms with Gasteiger partial charge in [-0.05, 0) is 42.0 Å². The molecule has 1 fully saturated rings. The lowest BCUT2D eigenvalue weighted by Crippen LogP contribution is -2.37. The Morgan fingerprint density at radius 1 is 1.40 bits per heavy atom. The van der Waals surface area contributed by atoms with Crippen LogP contribution < -0.4 is 15.2 Å². The SMILES string of the molecule is COc1ccc(CN)cc1S(=O)(=O)NC1CCSCC1. The summed E-state index contributed by atoms with van der Waals surface area (Å²) in [7, 11) is -2.11. The van der Waals surface area contributed by atoms with Crippen molar-refractivity contribution in [1.82, 2.24) is 4.72 Å². The second kappa shape index (κ2) is 6.80. The Morgan fingerprint density at radius 2 is 2.10 bits per heavy atom. The first kappa shape index (κ1) is 15.6. The molecule has 1 heterocycles. The van der Waals surface area contributed by atoms with Crippen molar-refractivity contribution in [1.29, 1.82) is 0 Å². The molecule has 0 aliphatic carbocycles. The first-order chi connectivity index (χ1) is 9.56. The summed E-state index contributed by atoms with van der Waals surface area (Å²) in [6.07, 6.45) is 1.73. The molecular weight excluding hydrogens is 296 g/mol. The fraction of sp³-hybridized carbons (Fsp3) is 0.538. The Labute approximate surface area is 124 Å². The number of benzene rings is 1. The van der Waals surface area contributed by atoms with E-state index in [2.05, 4.69) is 4.72 Å². The number of hydrogen-bond donors (Lipinski definition) is 2. The Morgan fingerprint density at radius 3 is 2.70 bits per heavy atom. The molecule has 0 aromatic heterocycles. The van der Waals surface area contributed by atoms with Gasteiger partial charge in [-0.3, -0.25) is 0 Å². The summed E-state index contributed by atoms with van der Waals surface area (Å²) in [6, 6.07) is 5.01. The van der Waals surface area contributed by atoms with Crippen LogP contribution in [-0.4, -0.2) is 33.1 Å². The average molecular weight is 316 g/mol. The number of sulfonamides is 1. The molecule has 20 heavy (non-hydrogen) atoms. The molecule has 0 unspecified atom stereocenters. The summed E-state index contributed by atoms with van der Waals surface area (Å²) in [4.78, 5) is 0.168. The molecule has 1 aromatic carbocycles. The highest BCUT2D eigenvalue weighted by Gasteiger charge is 2.25. The standard InChI is InChI=1S/C13H20N2O3S2/c1-18-12-3-2-10(9-14)8-13(12)20(16,17)15-11-4-6-19-7-5-11/h2-3,8,11,15H,4-7,9,14H2,1H3. The summed E-state index contributed by atoms with van der Waals surface area (Å²) in [5.74, 6) is 2.33. The zero-order chi connectivity index (χ0) is 14.6. The van der Waals surface area contributed by atoms with Gasteiger partial charge in [-0.25, -0.2) is 13.1 Å². The van der Waals surface area contributed by atoms with Gasteiger partial charge in [0, 0.05) is 12.6 Å². The predicted molar refractivity (Wildman–Crippen MR) is 81.6 cm³/mol. The molecule has 0 bridgehead atoms. The zero-order valence-electron chi connectivity index (χ0n) is 11.5. The molecule has 0 spiro atoms. The number of nitrogens with one attached hydrogen (secondary N) is 1. The van der Waals surface area contributed by atoms with Gasteiger partial charge in [0.25, 0.3) is 0 Å². The second-order valence-electron chi connectivity index (χ2n) is 4.70. The normalized spacial score (nSPS) is 17.1.